The third kappa shape index (κ3) is 3.46. The van der Waals surface area contributed by atoms with Gasteiger partial charge in [0.1, 0.15) is 5.75 Å². The normalized spacial score (nSPS) is 20.3. The van der Waals surface area contributed by atoms with Crippen LogP contribution >= 0.6 is 0 Å². The number of likely N-dealkylation sites (tertiary alicyclic amines) is 1. The molecule has 1 unspecified atom stereocenters. The summed E-state index contributed by atoms with van der Waals surface area (Å²) in [6, 6.07) is 16.8. The number of hydrogen-bond donors (Lipinski definition) is 1. The fraction of sp³-hybridized carbons (Fsp3) is 0.400. The highest BCUT2D eigenvalue weighted by Gasteiger charge is 2.36. The van der Waals surface area contributed by atoms with Gasteiger partial charge in [-0.05, 0) is 61.9 Å². The van der Waals surface area contributed by atoms with Crippen molar-refractivity contribution in [3.8, 4) is 5.75 Å². The average Bonchev–Trinajstić information content (AvgIpc) is 3.27. The van der Waals surface area contributed by atoms with Crippen molar-refractivity contribution in [3.63, 3.8) is 0 Å². The number of methoxy groups -OCH3 is 1. The zero-order chi connectivity index (χ0) is 19.8. The van der Waals surface area contributed by atoms with E-state index in [2.05, 4.69) is 46.3 Å². The van der Waals surface area contributed by atoms with Gasteiger partial charge in [0.25, 0.3) is 0 Å². The van der Waals surface area contributed by atoms with Gasteiger partial charge >= 0.3 is 0 Å². The van der Waals surface area contributed by atoms with E-state index in [1.807, 2.05) is 12.1 Å². The Morgan fingerprint density at radius 1 is 1.07 bits per heavy atom. The molecule has 1 saturated heterocycles. The van der Waals surface area contributed by atoms with Crippen LogP contribution in [0.1, 0.15) is 40.9 Å². The van der Waals surface area contributed by atoms with E-state index in [1.54, 1.807) is 7.11 Å². The van der Waals surface area contributed by atoms with Crippen molar-refractivity contribution in [2.24, 2.45) is 11.8 Å². The number of ketones is 1. The van der Waals surface area contributed by atoms with Gasteiger partial charge in [0, 0.05) is 17.8 Å². The monoisotopic (exact) mass is 388 g/mol. The van der Waals surface area contributed by atoms with Crippen LogP contribution in [0.15, 0.2) is 48.5 Å². The molecule has 0 saturated carbocycles. The highest BCUT2D eigenvalue weighted by Crippen LogP contribution is 2.39. The number of fused-ring (bicyclic) bond motifs is 3. The topological polar surface area (TPSA) is 45.3 Å². The summed E-state index contributed by atoms with van der Waals surface area (Å²) in [5, 5.41) is 1.15. The number of piperidine rings is 1. The summed E-state index contributed by atoms with van der Waals surface area (Å²) in [5.41, 5.74) is 4.35. The second kappa shape index (κ2) is 7.68. The maximum Gasteiger partial charge on any atom is 0.182 e. The molecule has 2 aliphatic rings. The number of para-hydroxylation sites is 1. The van der Waals surface area contributed by atoms with E-state index < -0.39 is 0 Å². The smallest absolute Gasteiger partial charge is 0.182 e. The minimum atomic E-state index is 0.137. The molecule has 150 valence electrons. The maximum atomic E-state index is 13.1. The van der Waals surface area contributed by atoms with Crippen LogP contribution in [0.5, 0.6) is 5.75 Å². The number of nitrogens with one attached hydrogen (secondary N) is 1. The van der Waals surface area contributed by atoms with E-state index in [-0.39, 0.29) is 5.92 Å². The molecular formula is C25H28N2O2. The first kappa shape index (κ1) is 18.4. The van der Waals surface area contributed by atoms with Gasteiger partial charge < -0.3 is 9.72 Å². The van der Waals surface area contributed by atoms with Crippen LogP contribution in [-0.4, -0.2) is 35.9 Å². The van der Waals surface area contributed by atoms with E-state index in [1.165, 1.54) is 24.0 Å². The quantitative estimate of drug-likeness (QED) is 0.681. The summed E-state index contributed by atoms with van der Waals surface area (Å²) in [6.45, 7) is 3.30. The number of ether oxygens (including phenoxy) is 1. The maximum absolute atomic E-state index is 13.1. The Bertz CT molecular complexity index is 1020. The summed E-state index contributed by atoms with van der Waals surface area (Å²) >= 11 is 0. The van der Waals surface area contributed by atoms with Crippen molar-refractivity contribution in [1.82, 2.24) is 9.88 Å². The van der Waals surface area contributed by atoms with Gasteiger partial charge in [0.05, 0.1) is 18.3 Å². The lowest BCUT2D eigenvalue weighted by Crippen LogP contribution is -2.34. The number of hydrogen-bond acceptors (Lipinski definition) is 3. The summed E-state index contributed by atoms with van der Waals surface area (Å²) in [5.74, 6) is 1.90. The second-order valence-corrected chi connectivity index (χ2v) is 8.57. The van der Waals surface area contributed by atoms with Crippen LogP contribution in [0.2, 0.25) is 0 Å². The summed E-state index contributed by atoms with van der Waals surface area (Å²) in [4.78, 5) is 19.0. The molecule has 1 N–H and O–H groups in total. The van der Waals surface area contributed by atoms with Gasteiger partial charge in [-0.2, -0.15) is 0 Å². The van der Waals surface area contributed by atoms with Crippen molar-refractivity contribution in [3.05, 3.63) is 65.4 Å². The number of Topliss-reactive ketones (excluding diaryl/α,β-unsaturated/α-hetero) is 1. The number of carbonyl (C=O) groups excluding carboxylic acids is 1. The molecular weight excluding hydrogens is 360 g/mol. The molecule has 4 nitrogen and oxygen atoms in total. The van der Waals surface area contributed by atoms with Crippen LogP contribution in [0.25, 0.3) is 10.9 Å². The molecule has 2 heterocycles. The Balaban J connectivity index is 1.21. The van der Waals surface area contributed by atoms with E-state index in [0.717, 1.165) is 54.8 Å². The SMILES string of the molecule is COc1cccc2c3c([nH]c12)C(=O)C(CC1CCN(Cc2ccccc2)CC1)C3. The van der Waals surface area contributed by atoms with E-state index in [9.17, 15) is 4.79 Å². The molecule has 1 aliphatic carbocycles. The molecule has 1 aliphatic heterocycles. The number of carbonyl (C=O) groups is 1. The molecule has 2 aromatic carbocycles. The molecule has 1 fully saturated rings. The molecule has 5 rings (SSSR count). The lowest BCUT2D eigenvalue weighted by Gasteiger charge is -2.33. The minimum Gasteiger partial charge on any atom is -0.495 e. The lowest BCUT2D eigenvalue weighted by molar-refractivity contribution is 0.0892. The standard InChI is InChI=1S/C25H28N2O2/c1-29-22-9-5-8-20-21-15-19(25(28)24(21)26-23(20)22)14-17-10-12-27(13-11-17)16-18-6-3-2-4-7-18/h2-9,17,19,26H,10-16H2,1H3. The van der Waals surface area contributed by atoms with Crippen molar-refractivity contribution >= 4 is 16.7 Å². The molecule has 0 radical (unpaired) electrons. The Morgan fingerprint density at radius 3 is 2.62 bits per heavy atom. The van der Waals surface area contributed by atoms with Crippen LogP contribution in [-0.2, 0) is 13.0 Å². The molecule has 1 atom stereocenters. The zero-order valence-corrected chi connectivity index (χ0v) is 17.0. The van der Waals surface area contributed by atoms with Crippen LogP contribution in [0.3, 0.4) is 0 Å². The number of aromatic nitrogens is 1. The highest BCUT2D eigenvalue weighted by molar-refractivity contribution is 6.07. The first-order chi connectivity index (χ1) is 14.2. The van der Waals surface area contributed by atoms with E-state index in [0.29, 0.717) is 11.7 Å². The Kier molecular flexibility index (Phi) is 4.88. The van der Waals surface area contributed by atoms with E-state index >= 15 is 0 Å². The molecule has 3 aromatic rings. The minimum absolute atomic E-state index is 0.137. The Morgan fingerprint density at radius 2 is 1.86 bits per heavy atom. The number of rotatable bonds is 5. The Labute approximate surface area is 171 Å². The Hall–Kier alpha value is -2.59. The van der Waals surface area contributed by atoms with Crippen LogP contribution in [0, 0.1) is 11.8 Å². The molecule has 0 bridgehead atoms. The molecule has 4 heteroatoms. The number of aromatic amines is 1. The predicted molar refractivity (Wildman–Crippen MR) is 115 cm³/mol. The van der Waals surface area contributed by atoms with Gasteiger partial charge in [-0.15, -0.1) is 0 Å². The van der Waals surface area contributed by atoms with Crippen LogP contribution < -0.4 is 4.74 Å². The molecule has 0 amide bonds. The lowest BCUT2D eigenvalue weighted by atomic mass is 9.85. The van der Waals surface area contributed by atoms with Crippen molar-refractivity contribution < 1.29 is 9.53 Å². The second-order valence-electron chi connectivity index (χ2n) is 8.57. The summed E-state index contributed by atoms with van der Waals surface area (Å²) < 4.78 is 5.45. The summed E-state index contributed by atoms with van der Waals surface area (Å²) in [7, 11) is 1.68. The van der Waals surface area contributed by atoms with Gasteiger partial charge in [0.15, 0.2) is 5.78 Å². The van der Waals surface area contributed by atoms with Crippen LogP contribution in [0.4, 0.5) is 0 Å². The largest absolute Gasteiger partial charge is 0.495 e. The average molecular weight is 389 g/mol. The molecule has 0 spiro atoms. The number of benzene rings is 2. The fourth-order valence-electron chi connectivity index (χ4n) is 5.20. The number of nitrogens with zero attached hydrogens (tertiary/aromatic N) is 1. The van der Waals surface area contributed by atoms with E-state index in [4.69, 9.17) is 4.74 Å². The third-order valence-electron chi connectivity index (χ3n) is 6.76. The molecule has 1 aromatic heterocycles. The summed E-state index contributed by atoms with van der Waals surface area (Å²) in [6.07, 6.45) is 4.27. The first-order valence-electron chi connectivity index (χ1n) is 10.7. The fourth-order valence-corrected chi connectivity index (χ4v) is 5.20. The van der Waals surface area contributed by atoms with Crippen molar-refractivity contribution in [1.29, 1.82) is 0 Å². The van der Waals surface area contributed by atoms with Gasteiger partial charge in [-0.25, -0.2) is 0 Å². The van der Waals surface area contributed by atoms with Gasteiger partial charge in [-0.3, -0.25) is 9.69 Å². The van der Waals surface area contributed by atoms with Gasteiger partial charge in [-0.1, -0.05) is 42.5 Å². The zero-order valence-electron chi connectivity index (χ0n) is 17.0. The van der Waals surface area contributed by atoms with Gasteiger partial charge in [0.2, 0.25) is 0 Å². The van der Waals surface area contributed by atoms with Crippen molar-refractivity contribution in [2.45, 2.75) is 32.2 Å². The third-order valence-corrected chi connectivity index (χ3v) is 6.76. The predicted octanol–water partition coefficient (Wildman–Crippen LogP) is 4.83. The van der Waals surface area contributed by atoms with Crippen molar-refractivity contribution in [2.75, 3.05) is 20.2 Å². The highest BCUT2D eigenvalue weighted by atomic mass is 16.5. The molecule has 29 heavy (non-hydrogen) atoms. The number of H-pyrrole nitrogens is 1. The first-order valence-corrected chi connectivity index (χ1v) is 10.7.